The molecular weight excluding hydrogens is 485 g/mol. The van der Waals surface area contributed by atoms with Gasteiger partial charge in [0.15, 0.2) is 18.1 Å². The minimum absolute atomic E-state index is 0.151. The summed E-state index contributed by atoms with van der Waals surface area (Å²) in [6.07, 6.45) is 1.54. The lowest BCUT2D eigenvalue weighted by Gasteiger charge is -2.15. The van der Waals surface area contributed by atoms with E-state index >= 15 is 0 Å². The quantitative estimate of drug-likeness (QED) is 0.418. The Balaban J connectivity index is 1.76. The zero-order valence-corrected chi connectivity index (χ0v) is 19.0. The van der Waals surface area contributed by atoms with Gasteiger partial charge in [-0.25, -0.2) is 9.18 Å². The number of imide groups is 1. The van der Waals surface area contributed by atoms with Gasteiger partial charge in [0.1, 0.15) is 11.5 Å². The van der Waals surface area contributed by atoms with E-state index in [4.69, 9.17) is 9.47 Å². The lowest BCUT2D eigenvalue weighted by Crippen LogP contribution is -2.30. The molecule has 1 saturated heterocycles. The predicted molar refractivity (Wildman–Crippen MR) is 120 cm³/mol. The summed E-state index contributed by atoms with van der Waals surface area (Å²) in [5, 5.41) is 5.15. The van der Waals surface area contributed by atoms with Crippen molar-refractivity contribution < 1.29 is 28.2 Å². The molecule has 1 aliphatic rings. The molecule has 2 aromatic rings. The summed E-state index contributed by atoms with van der Waals surface area (Å²) in [7, 11) is 0. The molecule has 8 nitrogen and oxygen atoms in total. The summed E-state index contributed by atoms with van der Waals surface area (Å²) >= 11 is 3.40. The predicted octanol–water partition coefficient (Wildman–Crippen LogP) is 3.92. The average Bonchev–Trinajstić information content (AvgIpc) is 3.01. The molecule has 0 bridgehead atoms. The summed E-state index contributed by atoms with van der Waals surface area (Å²) < 4.78 is 24.8. The van der Waals surface area contributed by atoms with Crippen LogP contribution in [-0.4, -0.2) is 42.5 Å². The fraction of sp³-hybridized carbons (Fsp3) is 0.227. The van der Waals surface area contributed by atoms with Crippen LogP contribution in [0.5, 0.6) is 11.5 Å². The van der Waals surface area contributed by atoms with E-state index in [0.29, 0.717) is 33.8 Å². The summed E-state index contributed by atoms with van der Waals surface area (Å²) in [6.45, 7) is 3.80. The van der Waals surface area contributed by atoms with Crippen LogP contribution in [0.2, 0.25) is 0 Å². The van der Waals surface area contributed by atoms with E-state index in [9.17, 15) is 18.8 Å². The van der Waals surface area contributed by atoms with Gasteiger partial charge in [0.2, 0.25) is 0 Å². The first-order valence-corrected chi connectivity index (χ1v) is 10.6. The highest BCUT2D eigenvalue weighted by atomic mass is 79.9. The van der Waals surface area contributed by atoms with Crippen molar-refractivity contribution >= 4 is 45.5 Å². The second-order valence-corrected chi connectivity index (χ2v) is 7.50. The summed E-state index contributed by atoms with van der Waals surface area (Å²) in [5.41, 5.74) is 1.18. The van der Waals surface area contributed by atoms with Crippen molar-refractivity contribution in [1.29, 1.82) is 0 Å². The SMILES string of the molecule is CCOc1cc(/C=C2/NC(=O)N(CC)C2=O)cc(Br)c1OCC(=O)Nc1ccc(F)cc1. The van der Waals surface area contributed by atoms with Gasteiger partial charge in [0.25, 0.3) is 11.8 Å². The minimum atomic E-state index is -0.472. The highest BCUT2D eigenvalue weighted by molar-refractivity contribution is 9.10. The maximum absolute atomic E-state index is 13.0. The molecule has 0 saturated carbocycles. The van der Waals surface area contributed by atoms with Crippen molar-refractivity contribution in [2.24, 2.45) is 0 Å². The number of likely N-dealkylation sites (N-methyl/N-ethyl adjacent to an activating group) is 1. The third-order valence-electron chi connectivity index (χ3n) is 4.40. The zero-order chi connectivity index (χ0) is 23.3. The third kappa shape index (κ3) is 5.44. The number of urea groups is 1. The van der Waals surface area contributed by atoms with E-state index in [1.807, 2.05) is 0 Å². The molecule has 32 heavy (non-hydrogen) atoms. The van der Waals surface area contributed by atoms with Crippen LogP contribution in [0.1, 0.15) is 19.4 Å². The standard InChI is InChI=1S/C22H21BrFN3O5/c1-3-27-21(29)17(26-22(27)30)10-13-9-16(23)20(18(11-13)31-4-2)32-12-19(28)25-15-7-5-14(24)6-8-15/h5-11H,3-4,12H2,1-2H3,(H,25,28)(H,26,30)/b17-10+. The van der Waals surface area contributed by atoms with Crippen molar-refractivity contribution in [1.82, 2.24) is 10.2 Å². The Morgan fingerprint density at radius 2 is 1.91 bits per heavy atom. The lowest BCUT2D eigenvalue weighted by molar-refractivity contribution is -0.122. The number of ether oxygens (including phenoxy) is 2. The molecule has 1 heterocycles. The number of carbonyl (C=O) groups is 3. The zero-order valence-electron chi connectivity index (χ0n) is 17.4. The Morgan fingerprint density at radius 3 is 2.53 bits per heavy atom. The van der Waals surface area contributed by atoms with Crippen LogP contribution in [-0.2, 0) is 9.59 Å². The van der Waals surface area contributed by atoms with Crippen LogP contribution in [0.25, 0.3) is 6.08 Å². The Bertz CT molecular complexity index is 1070. The topological polar surface area (TPSA) is 97.0 Å². The molecule has 10 heteroatoms. The maximum Gasteiger partial charge on any atom is 0.328 e. The molecule has 1 fully saturated rings. The normalized spacial score (nSPS) is 14.5. The van der Waals surface area contributed by atoms with Crippen molar-refractivity contribution in [2.45, 2.75) is 13.8 Å². The molecule has 0 aliphatic carbocycles. The molecule has 1 aliphatic heterocycles. The van der Waals surface area contributed by atoms with Gasteiger partial charge in [0.05, 0.1) is 11.1 Å². The van der Waals surface area contributed by atoms with Crippen LogP contribution >= 0.6 is 15.9 Å². The highest BCUT2D eigenvalue weighted by Gasteiger charge is 2.32. The van der Waals surface area contributed by atoms with Gasteiger partial charge in [0, 0.05) is 12.2 Å². The molecule has 0 unspecified atom stereocenters. The highest BCUT2D eigenvalue weighted by Crippen LogP contribution is 2.37. The Labute approximate surface area is 192 Å². The largest absolute Gasteiger partial charge is 0.490 e. The molecule has 0 atom stereocenters. The molecule has 2 N–H and O–H groups in total. The van der Waals surface area contributed by atoms with Crippen LogP contribution in [0.3, 0.4) is 0 Å². The Morgan fingerprint density at radius 1 is 1.19 bits per heavy atom. The third-order valence-corrected chi connectivity index (χ3v) is 4.99. The second-order valence-electron chi connectivity index (χ2n) is 6.64. The average molecular weight is 506 g/mol. The second kappa shape index (κ2) is 10.3. The number of anilines is 1. The van der Waals surface area contributed by atoms with Crippen LogP contribution < -0.4 is 20.1 Å². The van der Waals surface area contributed by atoms with Gasteiger partial charge < -0.3 is 20.1 Å². The van der Waals surface area contributed by atoms with Gasteiger partial charge in [-0.05, 0) is 77.8 Å². The van der Waals surface area contributed by atoms with Gasteiger partial charge in [-0.1, -0.05) is 0 Å². The molecule has 168 valence electrons. The molecule has 0 radical (unpaired) electrons. The molecular formula is C22H21BrFN3O5. The van der Waals surface area contributed by atoms with E-state index < -0.39 is 23.7 Å². The number of benzene rings is 2. The van der Waals surface area contributed by atoms with Crippen molar-refractivity contribution in [3.63, 3.8) is 0 Å². The van der Waals surface area contributed by atoms with Gasteiger partial charge in [-0.3, -0.25) is 14.5 Å². The van der Waals surface area contributed by atoms with Crippen LogP contribution in [0.15, 0.2) is 46.6 Å². The number of amides is 4. The van der Waals surface area contributed by atoms with Gasteiger partial charge in [-0.15, -0.1) is 0 Å². The van der Waals surface area contributed by atoms with Gasteiger partial charge >= 0.3 is 6.03 Å². The Hall–Kier alpha value is -3.40. The monoisotopic (exact) mass is 505 g/mol. The first kappa shape index (κ1) is 23.3. The molecule has 0 spiro atoms. The van der Waals surface area contributed by atoms with Crippen LogP contribution in [0, 0.1) is 5.82 Å². The number of nitrogens with zero attached hydrogens (tertiary/aromatic N) is 1. The first-order chi connectivity index (χ1) is 15.3. The first-order valence-electron chi connectivity index (χ1n) is 9.81. The van der Waals surface area contributed by atoms with E-state index in [0.717, 1.165) is 4.90 Å². The van der Waals surface area contributed by atoms with E-state index in [2.05, 4.69) is 26.6 Å². The number of rotatable bonds is 8. The molecule has 4 amide bonds. The summed E-state index contributed by atoms with van der Waals surface area (Å²) in [5.74, 6) is -0.589. The molecule has 0 aromatic heterocycles. The number of nitrogens with one attached hydrogen (secondary N) is 2. The number of halogens is 2. The maximum atomic E-state index is 13.0. The fourth-order valence-corrected chi connectivity index (χ4v) is 3.54. The van der Waals surface area contributed by atoms with Crippen molar-refractivity contribution in [3.05, 3.63) is 57.9 Å². The smallest absolute Gasteiger partial charge is 0.328 e. The minimum Gasteiger partial charge on any atom is -0.490 e. The van der Waals surface area contributed by atoms with E-state index in [1.165, 1.54) is 30.3 Å². The molecule has 2 aromatic carbocycles. The van der Waals surface area contributed by atoms with Gasteiger partial charge in [-0.2, -0.15) is 0 Å². The summed E-state index contributed by atoms with van der Waals surface area (Å²) in [4.78, 5) is 37.4. The lowest BCUT2D eigenvalue weighted by atomic mass is 10.1. The number of carbonyl (C=O) groups excluding carboxylic acids is 3. The fourth-order valence-electron chi connectivity index (χ4n) is 2.97. The van der Waals surface area contributed by atoms with Crippen LogP contribution in [0.4, 0.5) is 14.9 Å². The van der Waals surface area contributed by atoms with E-state index in [-0.39, 0.29) is 18.8 Å². The Kier molecular flexibility index (Phi) is 7.47. The van der Waals surface area contributed by atoms with E-state index in [1.54, 1.807) is 26.0 Å². The summed E-state index contributed by atoms with van der Waals surface area (Å²) in [6, 6.07) is 8.22. The number of hydrogen-bond donors (Lipinski definition) is 2. The van der Waals surface area contributed by atoms with Crippen molar-refractivity contribution in [3.8, 4) is 11.5 Å². The number of hydrogen-bond acceptors (Lipinski definition) is 5. The molecule has 3 rings (SSSR count). The van der Waals surface area contributed by atoms with Crippen molar-refractivity contribution in [2.75, 3.05) is 25.1 Å².